The van der Waals surface area contributed by atoms with Gasteiger partial charge in [0.1, 0.15) is 0 Å². The van der Waals surface area contributed by atoms with Crippen molar-refractivity contribution in [3.05, 3.63) is 29.8 Å². The minimum absolute atomic E-state index is 0.0492. The number of hydrogen-bond donors (Lipinski definition) is 1. The van der Waals surface area contributed by atoms with Gasteiger partial charge in [-0.2, -0.15) is 0 Å². The van der Waals surface area contributed by atoms with Crippen molar-refractivity contribution in [2.75, 3.05) is 26.7 Å². The molecule has 6 heteroatoms. The number of likely N-dealkylation sites (tertiary alicyclic amines) is 1. The molecule has 1 N–H and O–H groups in total. The third-order valence-electron chi connectivity index (χ3n) is 4.47. The molecule has 1 aliphatic rings. The molecule has 1 aromatic carbocycles. The Labute approximate surface area is 154 Å². The van der Waals surface area contributed by atoms with E-state index in [-0.39, 0.29) is 18.5 Å². The van der Waals surface area contributed by atoms with Gasteiger partial charge >= 0.3 is 5.97 Å². The van der Waals surface area contributed by atoms with Gasteiger partial charge in [0, 0.05) is 34.8 Å². The summed E-state index contributed by atoms with van der Waals surface area (Å²) in [6.07, 6.45) is 2.65. The van der Waals surface area contributed by atoms with Gasteiger partial charge in [0.2, 0.25) is 0 Å². The molecule has 5 nitrogen and oxygen atoms in total. The summed E-state index contributed by atoms with van der Waals surface area (Å²) in [4.78, 5) is 28.6. The first-order valence-electron chi connectivity index (χ1n) is 8.85. The molecule has 138 valence electrons. The highest BCUT2D eigenvalue weighted by atomic mass is 32.2. The first kappa shape index (κ1) is 19.8. The van der Waals surface area contributed by atoms with Crippen molar-refractivity contribution in [3.63, 3.8) is 0 Å². The highest BCUT2D eigenvalue weighted by molar-refractivity contribution is 7.99. The van der Waals surface area contributed by atoms with Crippen LogP contribution in [0, 0.1) is 0 Å². The molecule has 0 spiro atoms. The zero-order valence-corrected chi connectivity index (χ0v) is 16.1. The van der Waals surface area contributed by atoms with Gasteiger partial charge in [-0.3, -0.25) is 14.5 Å². The van der Waals surface area contributed by atoms with E-state index in [0.29, 0.717) is 11.8 Å². The molecule has 1 atom stereocenters. The van der Waals surface area contributed by atoms with E-state index in [1.165, 1.54) is 4.90 Å². The number of thioether (sulfide) groups is 1. The summed E-state index contributed by atoms with van der Waals surface area (Å²) in [5.41, 5.74) is 0.727. The number of carboxylic acids is 1. The smallest absolute Gasteiger partial charge is 0.317 e. The van der Waals surface area contributed by atoms with E-state index in [2.05, 4.69) is 13.8 Å². The Kier molecular flexibility index (Phi) is 7.32. The highest BCUT2D eigenvalue weighted by Gasteiger charge is 2.24. The van der Waals surface area contributed by atoms with Crippen molar-refractivity contribution in [2.24, 2.45) is 0 Å². The lowest BCUT2D eigenvalue weighted by Crippen LogP contribution is -2.37. The van der Waals surface area contributed by atoms with Gasteiger partial charge in [-0.25, -0.2) is 0 Å². The second-order valence-corrected chi connectivity index (χ2v) is 8.53. The Bertz CT molecular complexity index is 589. The average molecular weight is 365 g/mol. The number of amides is 1. The summed E-state index contributed by atoms with van der Waals surface area (Å²) in [6.45, 7) is 5.76. The molecule has 1 heterocycles. The fraction of sp³-hybridized carbons (Fsp3) is 0.579. The van der Waals surface area contributed by atoms with Gasteiger partial charge in [0.15, 0.2) is 0 Å². The van der Waals surface area contributed by atoms with E-state index in [9.17, 15) is 9.59 Å². The van der Waals surface area contributed by atoms with E-state index in [1.807, 2.05) is 41.1 Å². The molecule has 0 aliphatic carbocycles. The second-order valence-electron chi connectivity index (χ2n) is 6.88. The Morgan fingerprint density at radius 1 is 1.24 bits per heavy atom. The fourth-order valence-electron chi connectivity index (χ4n) is 3.20. The minimum atomic E-state index is -0.806. The number of carboxylic acid groups (broad SMARTS) is 1. The molecule has 0 bridgehead atoms. The molecule has 1 aromatic rings. The zero-order valence-electron chi connectivity index (χ0n) is 15.3. The van der Waals surface area contributed by atoms with E-state index < -0.39 is 5.97 Å². The molecule has 1 saturated heterocycles. The molecule has 25 heavy (non-hydrogen) atoms. The van der Waals surface area contributed by atoms with Crippen LogP contribution in [0.2, 0.25) is 0 Å². The number of hydrogen-bond acceptors (Lipinski definition) is 4. The first-order valence-corrected chi connectivity index (χ1v) is 9.73. The first-order chi connectivity index (χ1) is 11.9. The Balaban J connectivity index is 1.95. The number of benzene rings is 1. The van der Waals surface area contributed by atoms with Gasteiger partial charge in [-0.15, -0.1) is 11.8 Å². The third kappa shape index (κ3) is 6.04. The molecule has 1 aliphatic heterocycles. The van der Waals surface area contributed by atoms with Crippen molar-refractivity contribution in [1.29, 1.82) is 0 Å². The molecule has 2 rings (SSSR count). The summed E-state index contributed by atoms with van der Waals surface area (Å²) in [6, 6.07) is 8.06. The van der Waals surface area contributed by atoms with Crippen molar-refractivity contribution in [3.8, 4) is 0 Å². The van der Waals surface area contributed by atoms with Crippen LogP contribution >= 0.6 is 11.8 Å². The van der Waals surface area contributed by atoms with E-state index in [1.54, 1.807) is 11.8 Å². The molecular formula is C19H28N2O3S. The Morgan fingerprint density at radius 2 is 1.92 bits per heavy atom. The second kappa shape index (κ2) is 9.25. The summed E-state index contributed by atoms with van der Waals surface area (Å²) in [7, 11) is 1.85. The van der Waals surface area contributed by atoms with Crippen molar-refractivity contribution >= 4 is 23.6 Å². The lowest BCUT2D eigenvalue weighted by molar-refractivity contribution is -0.138. The summed E-state index contributed by atoms with van der Waals surface area (Å²) < 4.78 is 0. The maximum Gasteiger partial charge on any atom is 0.317 e. The SMILES string of the molecule is CC(C)Sc1ccc(C(=O)N2CCCC(N(C)CC(=O)O)CC2)cc1. The van der Waals surface area contributed by atoms with Crippen LogP contribution in [-0.2, 0) is 4.79 Å². The standard InChI is InChI=1S/C19H28N2O3S/c1-14(2)25-17-8-6-15(7-9-17)19(24)21-11-4-5-16(10-12-21)20(3)13-18(22)23/h6-9,14,16H,4-5,10-13H2,1-3H3,(H,22,23). The summed E-state index contributed by atoms with van der Waals surface area (Å²) in [5.74, 6) is -0.735. The van der Waals surface area contributed by atoms with E-state index >= 15 is 0 Å². The van der Waals surface area contributed by atoms with Crippen LogP contribution < -0.4 is 0 Å². The number of likely N-dealkylation sites (N-methyl/N-ethyl adjacent to an activating group) is 1. The largest absolute Gasteiger partial charge is 0.480 e. The molecule has 1 amide bonds. The number of carbonyl (C=O) groups excluding carboxylic acids is 1. The maximum atomic E-state index is 12.8. The van der Waals surface area contributed by atoms with Crippen LogP contribution in [0.5, 0.6) is 0 Å². The molecule has 0 aromatic heterocycles. The summed E-state index contributed by atoms with van der Waals surface area (Å²) in [5, 5.41) is 9.46. The maximum absolute atomic E-state index is 12.8. The monoisotopic (exact) mass is 364 g/mol. The Hall–Kier alpha value is -1.53. The van der Waals surface area contributed by atoms with Crippen LogP contribution in [0.15, 0.2) is 29.2 Å². The summed E-state index contributed by atoms with van der Waals surface area (Å²) >= 11 is 1.79. The zero-order chi connectivity index (χ0) is 18.4. The highest BCUT2D eigenvalue weighted by Crippen LogP contribution is 2.24. The van der Waals surface area contributed by atoms with E-state index in [0.717, 1.165) is 31.4 Å². The van der Waals surface area contributed by atoms with E-state index in [4.69, 9.17) is 5.11 Å². The number of rotatable bonds is 6. The fourth-order valence-corrected chi connectivity index (χ4v) is 4.03. The normalized spacial score (nSPS) is 18.4. The van der Waals surface area contributed by atoms with Crippen LogP contribution in [0.4, 0.5) is 0 Å². The predicted octanol–water partition coefficient (Wildman–Crippen LogP) is 3.20. The number of carbonyl (C=O) groups is 2. The van der Waals surface area contributed by atoms with Gasteiger partial charge in [0.05, 0.1) is 6.54 Å². The molecular weight excluding hydrogens is 336 g/mol. The quantitative estimate of drug-likeness (QED) is 0.786. The van der Waals surface area contributed by atoms with Gasteiger partial charge in [0.25, 0.3) is 5.91 Å². The van der Waals surface area contributed by atoms with Crippen molar-refractivity contribution in [1.82, 2.24) is 9.80 Å². The lowest BCUT2D eigenvalue weighted by atomic mass is 10.1. The number of aliphatic carboxylic acids is 1. The lowest BCUT2D eigenvalue weighted by Gasteiger charge is -2.25. The van der Waals surface area contributed by atoms with Gasteiger partial charge in [-0.1, -0.05) is 13.8 Å². The minimum Gasteiger partial charge on any atom is -0.480 e. The Morgan fingerprint density at radius 3 is 2.52 bits per heavy atom. The average Bonchev–Trinajstić information content (AvgIpc) is 2.80. The topological polar surface area (TPSA) is 60.9 Å². The van der Waals surface area contributed by atoms with Crippen molar-refractivity contribution < 1.29 is 14.7 Å². The van der Waals surface area contributed by atoms with Crippen LogP contribution in [0.1, 0.15) is 43.5 Å². The van der Waals surface area contributed by atoms with Gasteiger partial charge < -0.3 is 10.0 Å². The molecule has 1 unspecified atom stereocenters. The van der Waals surface area contributed by atoms with Crippen LogP contribution in [0.25, 0.3) is 0 Å². The molecule has 0 radical (unpaired) electrons. The molecule has 0 saturated carbocycles. The van der Waals surface area contributed by atoms with Gasteiger partial charge in [-0.05, 0) is 50.6 Å². The molecule has 1 fully saturated rings. The third-order valence-corrected chi connectivity index (χ3v) is 5.48. The van der Waals surface area contributed by atoms with Crippen LogP contribution in [-0.4, -0.2) is 64.8 Å². The number of nitrogens with zero attached hydrogens (tertiary/aromatic N) is 2. The predicted molar refractivity (Wildman–Crippen MR) is 101 cm³/mol. The van der Waals surface area contributed by atoms with Crippen LogP contribution in [0.3, 0.4) is 0 Å². The van der Waals surface area contributed by atoms with Crippen molar-refractivity contribution in [2.45, 2.75) is 49.3 Å².